The maximum atomic E-state index is 13.8. The van der Waals surface area contributed by atoms with Gasteiger partial charge in [0.25, 0.3) is 11.8 Å². The summed E-state index contributed by atoms with van der Waals surface area (Å²) in [6, 6.07) is 10.7. The van der Waals surface area contributed by atoms with E-state index in [9.17, 15) is 14.0 Å². The lowest BCUT2D eigenvalue weighted by atomic mass is 10.2. The largest absolute Gasteiger partial charge is 0.483 e. The van der Waals surface area contributed by atoms with Crippen LogP contribution in [-0.4, -0.2) is 30.4 Å². The van der Waals surface area contributed by atoms with Gasteiger partial charge in [-0.05, 0) is 24.3 Å². The van der Waals surface area contributed by atoms with E-state index in [4.69, 9.17) is 22.1 Å². The molecule has 2 amide bonds. The Bertz CT molecular complexity index is 747. The number of ether oxygens (including phenoxy) is 1. The van der Waals surface area contributed by atoms with Crippen molar-refractivity contribution in [3.63, 3.8) is 0 Å². The predicted molar refractivity (Wildman–Crippen MR) is 88.3 cm³/mol. The standard InChI is InChI=1S/C17H16ClFN2O3/c1-21(9-12-13(18)6-4-7-14(12)19)16(22)10-24-15-8-3-2-5-11(15)17(20)23/h2-8H,9-10H2,1H3,(H2,20,23). The molecule has 5 nitrogen and oxygen atoms in total. The molecule has 0 heterocycles. The fourth-order valence-corrected chi connectivity index (χ4v) is 2.28. The number of hydrogen-bond acceptors (Lipinski definition) is 3. The molecule has 0 bridgehead atoms. The van der Waals surface area contributed by atoms with Gasteiger partial charge in [0.2, 0.25) is 0 Å². The van der Waals surface area contributed by atoms with E-state index in [1.807, 2.05) is 0 Å². The fourth-order valence-electron chi connectivity index (χ4n) is 2.05. The zero-order valence-electron chi connectivity index (χ0n) is 13.0. The Kier molecular flexibility index (Phi) is 5.76. The van der Waals surface area contributed by atoms with Crippen molar-refractivity contribution in [1.29, 1.82) is 0 Å². The topological polar surface area (TPSA) is 72.6 Å². The van der Waals surface area contributed by atoms with Gasteiger partial charge >= 0.3 is 0 Å². The Balaban J connectivity index is 2.01. The number of carbonyl (C=O) groups excluding carboxylic acids is 2. The van der Waals surface area contributed by atoms with E-state index in [0.717, 1.165) is 0 Å². The third-order valence-electron chi connectivity index (χ3n) is 3.39. The van der Waals surface area contributed by atoms with Crippen LogP contribution in [0.25, 0.3) is 0 Å². The van der Waals surface area contributed by atoms with Gasteiger partial charge in [-0.2, -0.15) is 0 Å². The summed E-state index contributed by atoms with van der Waals surface area (Å²) < 4.78 is 19.1. The highest BCUT2D eigenvalue weighted by Crippen LogP contribution is 2.21. The Morgan fingerprint density at radius 3 is 2.58 bits per heavy atom. The average molecular weight is 351 g/mol. The molecule has 0 fully saturated rings. The van der Waals surface area contributed by atoms with Gasteiger partial charge in [0.1, 0.15) is 11.6 Å². The van der Waals surface area contributed by atoms with Gasteiger partial charge in [-0.3, -0.25) is 9.59 Å². The lowest BCUT2D eigenvalue weighted by Gasteiger charge is -2.19. The Labute approximate surface area is 143 Å². The number of benzene rings is 2. The summed E-state index contributed by atoms with van der Waals surface area (Å²) in [5.41, 5.74) is 5.66. The lowest BCUT2D eigenvalue weighted by molar-refractivity contribution is -0.132. The van der Waals surface area contributed by atoms with Gasteiger partial charge < -0.3 is 15.4 Å². The number of halogens is 2. The molecule has 24 heavy (non-hydrogen) atoms. The molecule has 0 aromatic heterocycles. The Morgan fingerprint density at radius 1 is 1.21 bits per heavy atom. The van der Waals surface area contributed by atoms with E-state index >= 15 is 0 Å². The van der Waals surface area contributed by atoms with Crippen LogP contribution in [0.15, 0.2) is 42.5 Å². The minimum atomic E-state index is -0.649. The SMILES string of the molecule is CN(Cc1c(F)cccc1Cl)C(=O)COc1ccccc1C(N)=O. The van der Waals surface area contributed by atoms with Crippen molar-refractivity contribution in [2.75, 3.05) is 13.7 Å². The van der Waals surface area contributed by atoms with Crippen molar-refractivity contribution < 1.29 is 18.7 Å². The van der Waals surface area contributed by atoms with Crippen LogP contribution in [0.3, 0.4) is 0 Å². The molecule has 0 spiro atoms. The highest BCUT2D eigenvalue weighted by atomic mass is 35.5. The van der Waals surface area contributed by atoms with Crippen LogP contribution in [0.1, 0.15) is 15.9 Å². The van der Waals surface area contributed by atoms with Crippen molar-refractivity contribution >= 4 is 23.4 Å². The van der Waals surface area contributed by atoms with Crippen molar-refractivity contribution in [3.8, 4) is 5.75 Å². The summed E-state index contributed by atoms with van der Waals surface area (Å²) in [6.07, 6.45) is 0. The molecule has 0 aliphatic carbocycles. The quantitative estimate of drug-likeness (QED) is 0.870. The fraction of sp³-hybridized carbons (Fsp3) is 0.176. The van der Waals surface area contributed by atoms with E-state index in [-0.39, 0.29) is 35.1 Å². The molecular formula is C17H16ClFN2O3. The molecule has 0 saturated carbocycles. The number of hydrogen-bond donors (Lipinski definition) is 1. The summed E-state index contributed by atoms with van der Waals surface area (Å²) in [4.78, 5) is 24.7. The number of amides is 2. The van der Waals surface area contributed by atoms with E-state index in [2.05, 4.69) is 0 Å². The van der Waals surface area contributed by atoms with Crippen molar-refractivity contribution in [3.05, 3.63) is 64.4 Å². The number of nitrogens with two attached hydrogens (primary N) is 1. The van der Waals surface area contributed by atoms with Crippen LogP contribution < -0.4 is 10.5 Å². The summed E-state index contributed by atoms with van der Waals surface area (Å²) in [5.74, 6) is -1.31. The van der Waals surface area contributed by atoms with Crippen molar-refractivity contribution in [2.45, 2.75) is 6.54 Å². The number of primary amides is 1. The van der Waals surface area contributed by atoms with Crippen LogP contribution in [-0.2, 0) is 11.3 Å². The average Bonchev–Trinajstić information content (AvgIpc) is 2.56. The van der Waals surface area contributed by atoms with Crippen LogP contribution in [0.2, 0.25) is 5.02 Å². The third kappa shape index (κ3) is 4.23. The first-order chi connectivity index (χ1) is 11.4. The van der Waals surface area contributed by atoms with Gasteiger partial charge in [-0.25, -0.2) is 4.39 Å². The van der Waals surface area contributed by atoms with E-state index in [1.54, 1.807) is 24.3 Å². The molecule has 2 N–H and O–H groups in total. The molecule has 2 aromatic carbocycles. The summed E-state index contributed by atoms with van der Waals surface area (Å²) >= 11 is 5.95. The Morgan fingerprint density at radius 2 is 1.92 bits per heavy atom. The molecule has 7 heteroatoms. The second-order valence-corrected chi connectivity index (χ2v) is 5.51. The lowest BCUT2D eigenvalue weighted by Crippen LogP contribution is -2.31. The van der Waals surface area contributed by atoms with Gasteiger partial charge in [-0.1, -0.05) is 29.8 Å². The maximum absolute atomic E-state index is 13.8. The van der Waals surface area contributed by atoms with Gasteiger partial charge in [0.15, 0.2) is 6.61 Å². The highest BCUT2D eigenvalue weighted by Gasteiger charge is 2.16. The van der Waals surface area contributed by atoms with E-state index in [1.165, 1.54) is 30.1 Å². The van der Waals surface area contributed by atoms with Crippen molar-refractivity contribution in [2.24, 2.45) is 5.73 Å². The molecule has 0 radical (unpaired) electrons. The van der Waals surface area contributed by atoms with Crippen molar-refractivity contribution in [1.82, 2.24) is 4.90 Å². The number of nitrogens with zero attached hydrogens (tertiary/aromatic N) is 1. The maximum Gasteiger partial charge on any atom is 0.260 e. The van der Waals surface area contributed by atoms with E-state index < -0.39 is 17.6 Å². The number of carbonyl (C=O) groups is 2. The first kappa shape index (κ1) is 17.7. The third-order valence-corrected chi connectivity index (χ3v) is 3.74. The van der Waals surface area contributed by atoms with Crippen LogP contribution in [0.5, 0.6) is 5.75 Å². The molecule has 2 rings (SSSR count). The molecule has 0 aliphatic rings. The van der Waals surface area contributed by atoms with Gasteiger partial charge in [-0.15, -0.1) is 0 Å². The summed E-state index contributed by atoms with van der Waals surface area (Å²) in [7, 11) is 1.51. The smallest absolute Gasteiger partial charge is 0.260 e. The second kappa shape index (κ2) is 7.79. The first-order valence-electron chi connectivity index (χ1n) is 7.08. The minimum Gasteiger partial charge on any atom is -0.483 e. The molecule has 126 valence electrons. The van der Waals surface area contributed by atoms with Gasteiger partial charge in [0, 0.05) is 24.2 Å². The number of para-hydroxylation sites is 1. The molecule has 2 aromatic rings. The number of rotatable bonds is 6. The minimum absolute atomic E-state index is 0.00513. The molecule has 0 aliphatic heterocycles. The van der Waals surface area contributed by atoms with Gasteiger partial charge in [0.05, 0.1) is 5.56 Å². The Hall–Kier alpha value is -2.60. The molecule has 0 unspecified atom stereocenters. The van der Waals surface area contributed by atoms with Crippen LogP contribution >= 0.6 is 11.6 Å². The second-order valence-electron chi connectivity index (χ2n) is 5.10. The van der Waals surface area contributed by atoms with E-state index in [0.29, 0.717) is 0 Å². The zero-order chi connectivity index (χ0) is 17.7. The van der Waals surface area contributed by atoms with Crippen LogP contribution in [0.4, 0.5) is 4.39 Å². The summed E-state index contributed by atoms with van der Waals surface area (Å²) in [5, 5.41) is 0.245. The zero-order valence-corrected chi connectivity index (χ0v) is 13.7. The first-order valence-corrected chi connectivity index (χ1v) is 7.46. The molecule has 0 atom stereocenters. The predicted octanol–water partition coefficient (Wildman–Crippen LogP) is 2.62. The van der Waals surface area contributed by atoms with Crippen LogP contribution in [0, 0.1) is 5.82 Å². The summed E-state index contributed by atoms with van der Waals surface area (Å²) in [6.45, 7) is -0.308. The molecular weight excluding hydrogens is 335 g/mol. The normalized spacial score (nSPS) is 10.3. The molecule has 0 saturated heterocycles. The monoisotopic (exact) mass is 350 g/mol. The highest BCUT2D eigenvalue weighted by molar-refractivity contribution is 6.31. The number of likely N-dealkylation sites (N-methyl/N-ethyl adjacent to an activating group) is 1.